The van der Waals surface area contributed by atoms with Crippen molar-refractivity contribution in [3.8, 4) is 5.75 Å². The molecule has 0 radical (unpaired) electrons. The van der Waals surface area contributed by atoms with Gasteiger partial charge in [-0.1, -0.05) is 31.4 Å². The standard InChI is InChI=1S/C17H22N2O3/c1-18-16(20)15-11-19(13-9-5-6-10-14(13)22-15)17(21)12-7-3-2-4-8-12/h5-6,9-10,12,15H,2-4,7-8,11H2,1H3,(H,18,20). The van der Waals surface area contributed by atoms with Gasteiger partial charge in [0, 0.05) is 13.0 Å². The van der Waals surface area contributed by atoms with Crippen LogP contribution in [0.3, 0.4) is 0 Å². The third-order valence-electron chi connectivity index (χ3n) is 4.53. The Kier molecular flexibility index (Phi) is 4.32. The maximum atomic E-state index is 12.9. The highest BCUT2D eigenvalue weighted by atomic mass is 16.5. The van der Waals surface area contributed by atoms with Gasteiger partial charge in [0.15, 0.2) is 6.10 Å². The van der Waals surface area contributed by atoms with Gasteiger partial charge in [-0.15, -0.1) is 0 Å². The van der Waals surface area contributed by atoms with Crippen LogP contribution in [0, 0.1) is 5.92 Å². The molecule has 1 unspecified atom stereocenters. The van der Waals surface area contributed by atoms with E-state index >= 15 is 0 Å². The third kappa shape index (κ3) is 2.80. The minimum Gasteiger partial charge on any atom is -0.477 e. The van der Waals surface area contributed by atoms with Crippen LogP contribution in [0.1, 0.15) is 32.1 Å². The van der Waals surface area contributed by atoms with Gasteiger partial charge in [0.1, 0.15) is 5.75 Å². The lowest BCUT2D eigenvalue weighted by molar-refractivity contribution is -0.128. The van der Waals surface area contributed by atoms with E-state index in [1.54, 1.807) is 11.9 Å². The molecule has 1 aromatic carbocycles. The fourth-order valence-corrected chi connectivity index (χ4v) is 3.31. The largest absolute Gasteiger partial charge is 0.477 e. The molecule has 1 saturated carbocycles. The predicted octanol–water partition coefficient (Wildman–Crippen LogP) is 2.11. The minimum absolute atomic E-state index is 0.0743. The number of carbonyl (C=O) groups excluding carboxylic acids is 2. The summed E-state index contributed by atoms with van der Waals surface area (Å²) in [5.74, 6) is 0.608. The fourth-order valence-electron chi connectivity index (χ4n) is 3.31. The van der Waals surface area contributed by atoms with E-state index in [-0.39, 0.29) is 24.3 Å². The number of carbonyl (C=O) groups is 2. The van der Waals surface area contributed by atoms with Crippen LogP contribution in [0.15, 0.2) is 24.3 Å². The second kappa shape index (κ2) is 6.38. The summed E-state index contributed by atoms with van der Waals surface area (Å²) in [5, 5.41) is 2.60. The first-order chi connectivity index (χ1) is 10.7. The van der Waals surface area contributed by atoms with Crippen molar-refractivity contribution in [3.63, 3.8) is 0 Å². The van der Waals surface area contributed by atoms with Crippen LogP contribution in [0.2, 0.25) is 0 Å². The van der Waals surface area contributed by atoms with E-state index in [4.69, 9.17) is 4.74 Å². The number of likely N-dealkylation sites (N-methyl/N-ethyl adjacent to an activating group) is 1. The molecule has 1 aromatic rings. The quantitative estimate of drug-likeness (QED) is 0.910. The van der Waals surface area contributed by atoms with Crippen LogP contribution in [-0.2, 0) is 9.59 Å². The predicted molar refractivity (Wildman–Crippen MR) is 83.9 cm³/mol. The zero-order valence-corrected chi connectivity index (χ0v) is 12.9. The molecule has 0 aromatic heterocycles. The number of nitrogens with one attached hydrogen (secondary N) is 1. The topological polar surface area (TPSA) is 58.6 Å². The van der Waals surface area contributed by atoms with Crippen molar-refractivity contribution in [1.82, 2.24) is 5.32 Å². The Morgan fingerprint density at radius 3 is 2.64 bits per heavy atom. The lowest BCUT2D eigenvalue weighted by Gasteiger charge is -2.36. The van der Waals surface area contributed by atoms with Gasteiger partial charge < -0.3 is 15.0 Å². The maximum absolute atomic E-state index is 12.9. The lowest BCUT2D eigenvalue weighted by atomic mass is 9.88. The van der Waals surface area contributed by atoms with Crippen molar-refractivity contribution in [1.29, 1.82) is 0 Å². The number of benzene rings is 1. The van der Waals surface area contributed by atoms with E-state index in [2.05, 4.69) is 5.32 Å². The molecule has 3 rings (SSSR count). The summed E-state index contributed by atoms with van der Waals surface area (Å²) in [6, 6.07) is 7.44. The van der Waals surface area contributed by atoms with Gasteiger partial charge in [0.2, 0.25) is 5.91 Å². The molecule has 1 fully saturated rings. The number of hydrogen-bond donors (Lipinski definition) is 1. The minimum atomic E-state index is -0.646. The molecule has 1 aliphatic carbocycles. The maximum Gasteiger partial charge on any atom is 0.262 e. The Morgan fingerprint density at radius 1 is 1.18 bits per heavy atom. The Hall–Kier alpha value is -2.04. The zero-order chi connectivity index (χ0) is 15.5. The summed E-state index contributed by atoms with van der Waals surface area (Å²) in [4.78, 5) is 26.6. The van der Waals surface area contributed by atoms with Crippen LogP contribution < -0.4 is 15.0 Å². The second-order valence-electron chi connectivity index (χ2n) is 5.97. The molecule has 1 atom stereocenters. The normalized spacial score (nSPS) is 21.7. The summed E-state index contributed by atoms with van der Waals surface area (Å²) < 4.78 is 5.75. The average Bonchev–Trinajstić information content (AvgIpc) is 2.60. The molecule has 0 spiro atoms. The van der Waals surface area contributed by atoms with Crippen molar-refractivity contribution >= 4 is 17.5 Å². The number of anilines is 1. The molecule has 5 heteroatoms. The molecular weight excluding hydrogens is 280 g/mol. The van der Waals surface area contributed by atoms with E-state index < -0.39 is 6.10 Å². The van der Waals surface area contributed by atoms with Crippen molar-refractivity contribution in [3.05, 3.63) is 24.3 Å². The highest BCUT2D eigenvalue weighted by Gasteiger charge is 2.36. The molecule has 5 nitrogen and oxygen atoms in total. The highest BCUT2D eigenvalue weighted by molar-refractivity contribution is 5.98. The number of hydrogen-bond acceptors (Lipinski definition) is 3. The van der Waals surface area contributed by atoms with Gasteiger partial charge in [-0.05, 0) is 25.0 Å². The third-order valence-corrected chi connectivity index (χ3v) is 4.53. The van der Waals surface area contributed by atoms with E-state index in [0.717, 1.165) is 31.4 Å². The van der Waals surface area contributed by atoms with Gasteiger partial charge in [0.05, 0.1) is 12.2 Å². The first kappa shape index (κ1) is 14.9. The number of fused-ring (bicyclic) bond motifs is 1. The van der Waals surface area contributed by atoms with Gasteiger partial charge in [-0.3, -0.25) is 9.59 Å². The van der Waals surface area contributed by atoms with E-state index in [0.29, 0.717) is 5.75 Å². The summed E-state index contributed by atoms with van der Waals surface area (Å²) in [7, 11) is 1.58. The number of amides is 2. The Bertz CT molecular complexity index is 567. The number of para-hydroxylation sites is 2. The zero-order valence-electron chi connectivity index (χ0n) is 12.9. The fraction of sp³-hybridized carbons (Fsp3) is 0.529. The molecule has 1 heterocycles. The molecular formula is C17H22N2O3. The van der Waals surface area contributed by atoms with Crippen LogP contribution in [0.5, 0.6) is 5.75 Å². The summed E-state index contributed by atoms with van der Waals surface area (Å²) >= 11 is 0. The molecule has 0 saturated heterocycles. The average molecular weight is 302 g/mol. The Labute approximate surface area is 130 Å². The van der Waals surface area contributed by atoms with Crippen LogP contribution in [-0.4, -0.2) is 31.5 Å². The highest BCUT2D eigenvalue weighted by Crippen LogP contribution is 2.36. The van der Waals surface area contributed by atoms with Crippen LogP contribution in [0.4, 0.5) is 5.69 Å². The van der Waals surface area contributed by atoms with Crippen molar-refractivity contribution < 1.29 is 14.3 Å². The van der Waals surface area contributed by atoms with Crippen molar-refractivity contribution in [2.45, 2.75) is 38.2 Å². The van der Waals surface area contributed by atoms with Gasteiger partial charge in [0.25, 0.3) is 5.91 Å². The SMILES string of the molecule is CNC(=O)C1CN(C(=O)C2CCCCC2)c2ccccc2O1. The van der Waals surface area contributed by atoms with Crippen molar-refractivity contribution in [2.24, 2.45) is 5.92 Å². The first-order valence-electron chi connectivity index (χ1n) is 7.99. The summed E-state index contributed by atoms with van der Waals surface area (Å²) in [6.07, 6.45) is 4.69. The second-order valence-corrected chi connectivity index (χ2v) is 5.97. The summed E-state index contributed by atoms with van der Waals surface area (Å²) in [6.45, 7) is 0.284. The molecule has 118 valence electrons. The molecule has 2 amide bonds. The summed E-state index contributed by atoms with van der Waals surface area (Å²) in [5.41, 5.74) is 0.776. The molecule has 1 N–H and O–H groups in total. The monoisotopic (exact) mass is 302 g/mol. The lowest BCUT2D eigenvalue weighted by Crippen LogP contribution is -2.51. The molecule has 0 bridgehead atoms. The number of ether oxygens (including phenoxy) is 1. The Morgan fingerprint density at radius 2 is 1.91 bits per heavy atom. The molecule has 22 heavy (non-hydrogen) atoms. The Balaban J connectivity index is 1.87. The number of nitrogens with zero attached hydrogens (tertiary/aromatic N) is 1. The van der Waals surface area contributed by atoms with Gasteiger partial charge in [-0.25, -0.2) is 0 Å². The molecule has 2 aliphatic rings. The van der Waals surface area contributed by atoms with E-state index in [9.17, 15) is 9.59 Å². The van der Waals surface area contributed by atoms with E-state index in [1.165, 1.54) is 6.42 Å². The van der Waals surface area contributed by atoms with E-state index in [1.807, 2.05) is 24.3 Å². The smallest absolute Gasteiger partial charge is 0.262 e. The first-order valence-corrected chi connectivity index (χ1v) is 7.99. The van der Waals surface area contributed by atoms with Crippen molar-refractivity contribution in [2.75, 3.05) is 18.5 Å². The molecule has 1 aliphatic heterocycles. The van der Waals surface area contributed by atoms with Crippen LogP contribution >= 0.6 is 0 Å². The van der Waals surface area contributed by atoms with Gasteiger partial charge in [-0.2, -0.15) is 0 Å². The number of rotatable bonds is 2. The van der Waals surface area contributed by atoms with Gasteiger partial charge >= 0.3 is 0 Å². The van der Waals surface area contributed by atoms with Crippen LogP contribution in [0.25, 0.3) is 0 Å².